The van der Waals surface area contributed by atoms with Crippen LogP contribution in [-0.4, -0.2) is 52.6 Å². The maximum absolute atomic E-state index is 10.2. The molecule has 0 saturated carbocycles. The minimum atomic E-state index is -1.46. The van der Waals surface area contributed by atoms with Gasteiger partial charge in [0, 0.05) is 0 Å². The molecule has 5 N–H and O–H groups in total. The Bertz CT molecular complexity index is 198. The molecule has 0 radical (unpaired) electrons. The molecule has 0 aromatic carbocycles. The Labute approximate surface area is 73.7 Å². The van der Waals surface area contributed by atoms with Crippen molar-refractivity contribution in [3.8, 4) is 0 Å². The van der Waals surface area contributed by atoms with E-state index in [1.54, 1.807) is 0 Å². The number of hydrogen-bond acceptors (Lipinski definition) is 6. The van der Waals surface area contributed by atoms with Gasteiger partial charge in [0.25, 0.3) is 0 Å². The Morgan fingerprint density at radius 1 is 1.38 bits per heavy atom. The van der Waals surface area contributed by atoms with Crippen molar-refractivity contribution in [3.63, 3.8) is 0 Å². The lowest BCUT2D eigenvalue weighted by atomic mass is 10.1. The normalized spacial score (nSPS) is 39.0. The Morgan fingerprint density at radius 3 is 2.38 bits per heavy atom. The topological polar surface area (TPSA) is 122 Å². The molecular formula is C6H11NO6. The van der Waals surface area contributed by atoms with Crippen LogP contribution < -0.4 is 5.73 Å². The van der Waals surface area contributed by atoms with Crippen molar-refractivity contribution in [2.75, 3.05) is 6.61 Å². The van der Waals surface area contributed by atoms with E-state index in [1.807, 2.05) is 0 Å². The summed E-state index contributed by atoms with van der Waals surface area (Å²) in [6.45, 7) is -0.301. The average molecular weight is 193 g/mol. The molecule has 1 aliphatic rings. The summed E-state index contributed by atoms with van der Waals surface area (Å²) < 4.78 is 8.98. The monoisotopic (exact) mass is 193 g/mol. The molecule has 13 heavy (non-hydrogen) atoms. The number of nitrogens with two attached hydrogens (primary N) is 1. The van der Waals surface area contributed by atoms with Crippen LogP contribution >= 0.6 is 0 Å². The summed E-state index contributed by atoms with van der Waals surface area (Å²) in [7, 11) is 0. The van der Waals surface area contributed by atoms with Crippen LogP contribution in [0.4, 0.5) is 4.79 Å². The Kier molecular flexibility index (Phi) is 3.04. The van der Waals surface area contributed by atoms with Crippen LogP contribution in [0, 0.1) is 0 Å². The molecule has 76 valence electrons. The van der Waals surface area contributed by atoms with E-state index >= 15 is 0 Å². The van der Waals surface area contributed by atoms with E-state index in [9.17, 15) is 9.90 Å². The molecule has 7 heteroatoms. The van der Waals surface area contributed by atoms with Crippen LogP contribution in [0.1, 0.15) is 0 Å². The van der Waals surface area contributed by atoms with Crippen molar-refractivity contribution < 1.29 is 29.6 Å². The van der Waals surface area contributed by atoms with Gasteiger partial charge < -0.3 is 30.5 Å². The van der Waals surface area contributed by atoms with Crippen molar-refractivity contribution >= 4 is 6.09 Å². The largest absolute Gasteiger partial charge is 0.447 e. The van der Waals surface area contributed by atoms with Gasteiger partial charge in [0.1, 0.15) is 24.9 Å². The van der Waals surface area contributed by atoms with E-state index in [2.05, 4.69) is 15.2 Å². The van der Waals surface area contributed by atoms with Crippen molar-refractivity contribution in [2.45, 2.75) is 24.6 Å². The predicted octanol–water partition coefficient (Wildman–Crippen LogP) is -2.48. The van der Waals surface area contributed by atoms with Crippen LogP contribution in [0.5, 0.6) is 0 Å². The number of aliphatic hydroxyl groups is 3. The number of primary amides is 1. The van der Waals surface area contributed by atoms with Crippen LogP contribution in [0.25, 0.3) is 0 Å². The Hall–Kier alpha value is -0.890. The zero-order valence-corrected chi connectivity index (χ0v) is 6.66. The van der Waals surface area contributed by atoms with Gasteiger partial charge in [0.15, 0.2) is 6.29 Å². The van der Waals surface area contributed by atoms with Crippen molar-refractivity contribution in [2.24, 2.45) is 5.73 Å². The third kappa shape index (κ3) is 2.28. The summed E-state index contributed by atoms with van der Waals surface area (Å²) in [4.78, 5) is 10.2. The number of hydrogen-bond donors (Lipinski definition) is 4. The van der Waals surface area contributed by atoms with E-state index < -0.39 is 30.7 Å². The van der Waals surface area contributed by atoms with Gasteiger partial charge >= 0.3 is 6.09 Å². The summed E-state index contributed by atoms with van der Waals surface area (Å²) in [6, 6.07) is 0. The van der Waals surface area contributed by atoms with Crippen LogP contribution in [-0.2, 0) is 9.47 Å². The standard InChI is InChI=1S/C6H11NO6/c7-6(11)12-1-2-3(8)4(9)5(10)13-2/h2-5,8-10H,1H2,(H2,7,11)/t2-,3-,4-,5-/m1/s1. The van der Waals surface area contributed by atoms with Crippen molar-refractivity contribution in [1.29, 1.82) is 0 Å². The Morgan fingerprint density at radius 2 is 2.00 bits per heavy atom. The lowest BCUT2D eigenvalue weighted by Gasteiger charge is -2.12. The Balaban J connectivity index is 2.40. The highest BCUT2D eigenvalue weighted by Crippen LogP contribution is 2.19. The fourth-order valence-electron chi connectivity index (χ4n) is 1.03. The van der Waals surface area contributed by atoms with Gasteiger partial charge in [-0.2, -0.15) is 0 Å². The maximum atomic E-state index is 10.2. The SMILES string of the molecule is NC(=O)OC[C@H]1O[C@@H](O)[C@H](O)[C@@H]1O. The van der Waals surface area contributed by atoms with Gasteiger partial charge in [0.2, 0.25) is 0 Å². The first-order valence-corrected chi connectivity index (χ1v) is 3.64. The molecule has 7 nitrogen and oxygen atoms in total. The van der Waals surface area contributed by atoms with Gasteiger partial charge in [-0.15, -0.1) is 0 Å². The van der Waals surface area contributed by atoms with Crippen molar-refractivity contribution in [1.82, 2.24) is 0 Å². The third-order valence-electron chi connectivity index (χ3n) is 1.73. The molecule has 0 aromatic heterocycles. The van der Waals surface area contributed by atoms with E-state index in [0.717, 1.165) is 0 Å². The second kappa shape index (κ2) is 3.88. The van der Waals surface area contributed by atoms with Crippen LogP contribution in [0.15, 0.2) is 0 Å². The lowest BCUT2D eigenvalue weighted by Crippen LogP contribution is -2.35. The summed E-state index contributed by atoms with van der Waals surface area (Å²) in [5.74, 6) is 0. The fourth-order valence-corrected chi connectivity index (χ4v) is 1.03. The van der Waals surface area contributed by atoms with Gasteiger partial charge in [-0.1, -0.05) is 0 Å². The first kappa shape index (κ1) is 10.2. The maximum Gasteiger partial charge on any atom is 0.404 e. The number of amides is 1. The van der Waals surface area contributed by atoms with E-state index in [1.165, 1.54) is 0 Å². The second-order valence-corrected chi connectivity index (χ2v) is 2.68. The molecule has 4 atom stereocenters. The molecule has 0 spiro atoms. The molecule has 1 amide bonds. The highest BCUT2D eigenvalue weighted by molar-refractivity contribution is 5.64. The van der Waals surface area contributed by atoms with Crippen molar-refractivity contribution in [3.05, 3.63) is 0 Å². The van der Waals surface area contributed by atoms with Gasteiger partial charge in [0.05, 0.1) is 0 Å². The van der Waals surface area contributed by atoms with Crippen LogP contribution in [0.2, 0.25) is 0 Å². The quantitative estimate of drug-likeness (QED) is 0.385. The van der Waals surface area contributed by atoms with E-state index in [4.69, 9.17) is 10.2 Å². The summed E-state index contributed by atoms with van der Waals surface area (Å²) in [5, 5.41) is 27.1. The molecule has 1 saturated heterocycles. The first-order valence-electron chi connectivity index (χ1n) is 3.64. The molecule has 1 fully saturated rings. The smallest absolute Gasteiger partial charge is 0.404 e. The molecule has 0 unspecified atom stereocenters. The van der Waals surface area contributed by atoms with E-state index in [0.29, 0.717) is 0 Å². The number of carbonyl (C=O) groups is 1. The predicted molar refractivity (Wildman–Crippen MR) is 38.4 cm³/mol. The molecule has 1 aliphatic heterocycles. The second-order valence-electron chi connectivity index (χ2n) is 2.68. The van der Waals surface area contributed by atoms with Gasteiger partial charge in [-0.3, -0.25) is 0 Å². The molecule has 0 bridgehead atoms. The zero-order valence-electron chi connectivity index (χ0n) is 6.66. The fraction of sp³-hybridized carbons (Fsp3) is 0.833. The third-order valence-corrected chi connectivity index (χ3v) is 1.73. The molecule has 1 heterocycles. The molecule has 1 rings (SSSR count). The summed E-state index contributed by atoms with van der Waals surface area (Å²) >= 11 is 0. The van der Waals surface area contributed by atoms with Gasteiger partial charge in [-0.25, -0.2) is 4.79 Å². The average Bonchev–Trinajstić information content (AvgIpc) is 2.29. The number of ether oxygens (including phenoxy) is 2. The molecular weight excluding hydrogens is 182 g/mol. The number of aliphatic hydroxyl groups excluding tert-OH is 3. The van der Waals surface area contributed by atoms with Crippen LogP contribution in [0.3, 0.4) is 0 Å². The zero-order chi connectivity index (χ0) is 10.0. The van der Waals surface area contributed by atoms with Gasteiger partial charge in [-0.05, 0) is 0 Å². The minimum absolute atomic E-state index is 0.301. The summed E-state index contributed by atoms with van der Waals surface area (Å²) in [5.41, 5.74) is 4.66. The molecule has 0 aliphatic carbocycles. The number of carbonyl (C=O) groups excluding carboxylic acids is 1. The lowest BCUT2D eigenvalue weighted by molar-refractivity contribution is -0.133. The highest BCUT2D eigenvalue weighted by atomic mass is 16.7. The van der Waals surface area contributed by atoms with E-state index in [-0.39, 0.29) is 6.61 Å². The summed E-state index contributed by atoms with van der Waals surface area (Å²) in [6.07, 6.45) is -6.09. The minimum Gasteiger partial charge on any atom is -0.447 e. The number of rotatable bonds is 2. The first-order chi connectivity index (χ1) is 6.02. The highest BCUT2D eigenvalue weighted by Gasteiger charge is 2.42. The molecule has 0 aromatic rings.